The molecule has 0 radical (unpaired) electrons. The van der Waals surface area contributed by atoms with Gasteiger partial charge < -0.3 is 20.4 Å². The summed E-state index contributed by atoms with van der Waals surface area (Å²) < 4.78 is 0. The molecule has 0 spiro atoms. The minimum atomic E-state index is -0.0761. The molecule has 2 amide bonds. The maximum Gasteiger partial charge on any atom is 0.315 e. The van der Waals surface area contributed by atoms with Crippen molar-refractivity contribution in [3.05, 3.63) is 35.4 Å². The highest BCUT2D eigenvalue weighted by Gasteiger charge is 2.12. The van der Waals surface area contributed by atoms with Crippen molar-refractivity contribution in [3.63, 3.8) is 0 Å². The first-order valence-corrected chi connectivity index (χ1v) is 8.62. The van der Waals surface area contributed by atoms with Crippen LogP contribution in [-0.4, -0.2) is 62.1 Å². The maximum atomic E-state index is 11.8. The smallest absolute Gasteiger partial charge is 0.315 e. The van der Waals surface area contributed by atoms with Gasteiger partial charge in [-0.2, -0.15) is 0 Å². The lowest BCUT2D eigenvalue weighted by atomic mass is 10.1. The Bertz CT molecular complexity index is 484. The molecule has 0 aliphatic carbocycles. The number of nitrogens with zero attached hydrogens (tertiary/aromatic N) is 2. The van der Waals surface area contributed by atoms with E-state index in [2.05, 4.69) is 40.5 Å². The van der Waals surface area contributed by atoms with Gasteiger partial charge in [-0.15, -0.1) is 0 Å². The van der Waals surface area contributed by atoms with E-state index in [1.54, 1.807) is 0 Å². The summed E-state index contributed by atoms with van der Waals surface area (Å²) >= 11 is 0. The van der Waals surface area contributed by atoms with Gasteiger partial charge in [-0.25, -0.2) is 4.79 Å². The molecule has 128 valence electrons. The van der Waals surface area contributed by atoms with Crippen LogP contribution in [0.5, 0.6) is 0 Å². The molecule has 1 aliphatic heterocycles. The van der Waals surface area contributed by atoms with E-state index in [1.165, 1.54) is 31.7 Å². The summed E-state index contributed by atoms with van der Waals surface area (Å²) in [5.74, 6) is 0. The molecule has 1 aromatic rings. The van der Waals surface area contributed by atoms with E-state index in [0.29, 0.717) is 6.54 Å². The Labute approximate surface area is 140 Å². The lowest BCUT2D eigenvalue weighted by Gasteiger charge is -2.32. The van der Waals surface area contributed by atoms with Crippen molar-refractivity contribution in [2.24, 2.45) is 0 Å². The number of nitrogens with one attached hydrogen (secondary N) is 2. The minimum Gasteiger partial charge on any atom is -0.338 e. The van der Waals surface area contributed by atoms with Crippen molar-refractivity contribution >= 4 is 6.03 Å². The number of carbonyl (C=O) groups excluding carboxylic acids is 1. The lowest BCUT2D eigenvalue weighted by molar-refractivity contribution is 0.152. The molecule has 0 atom stereocenters. The van der Waals surface area contributed by atoms with Crippen LogP contribution in [0.25, 0.3) is 0 Å². The Hall–Kier alpha value is -1.59. The third kappa shape index (κ3) is 6.59. The van der Waals surface area contributed by atoms with E-state index in [1.807, 2.05) is 18.2 Å². The summed E-state index contributed by atoms with van der Waals surface area (Å²) in [6.07, 6.45) is 2.17. The number of unbranched alkanes of at least 4 members (excludes halogenated alkanes) is 1. The zero-order valence-electron chi connectivity index (χ0n) is 14.5. The van der Waals surface area contributed by atoms with Crippen LogP contribution >= 0.6 is 0 Å². The van der Waals surface area contributed by atoms with Crippen molar-refractivity contribution in [1.29, 1.82) is 0 Å². The maximum absolute atomic E-state index is 11.8. The molecule has 5 nitrogen and oxygen atoms in total. The second-order valence-electron chi connectivity index (χ2n) is 6.39. The van der Waals surface area contributed by atoms with Crippen LogP contribution in [0.1, 0.15) is 24.0 Å². The van der Waals surface area contributed by atoms with E-state index >= 15 is 0 Å². The van der Waals surface area contributed by atoms with Gasteiger partial charge in [-0.1, -0.05) is 24.3 Å². The SMILES string of the molecule is Cc1ccccc1CNC(=O)NCCCCN1CCN(C)CC1. The van der Waals surface area contributed by atoms with Gasteiger partial charge in [0.2, 0.25) is 0 Å². The number of likely N-dealkylation sites (N-methyl/N-ethyl adjacent to an activating group) is 1. The van der Waals surface area contributed by atoms with E-state index in [-0.39, 0.29) is 6.03 Å². The molecule has 0 unspecified atom stereocenters. The van der Waals surface area contributed by atoms with E-state index in [0.717, 1.165) is 31.5 Å². The fourth-order valence-corrected chi connectivity index (χ4v) is 2.78. The fraction of sp³-hybridized carbons (Fsp3) is 0.611. The molecule has 5 heteroatoms. The third-order valence-corrected chi connectivity index (χ3v) is 4.48. The van der Waals surface area contributed by atoms with Gasteiger partial charge in [0.15, 0.2) is 0 Å². The van der Waals surface area contributed by atoms with Crippen LogP contribution in [0.4, 0.5) is 4.79 Å². The number of hydrogen-bond donors (Lipinski definition) is 2. The Morgan fingerprint density at radius 3 is 2.57 bits per heavy atom. The highest BCUT2D eigenvalue weighted by molar-refractivity contribution is 5.73. The molecule has 2 N–H and O–H groups in total. The van der Waals surface area contributed by atoms with Crippen LogP contribution in [0, 0.1) is 6.92 Å². The summed E-state index contributed by atoms with van der Waals surface area (Å²) in [5, 5.41) is 5.86. The van der Waals surface area contributed by atoms with E-state index < -0.39 is 0 Å². The molecule has 1 aromatic carbocycles. The van der Waals surface area contributed by atoms with Gasteiger partial charge in [-0.3, -0.25) is 0 Å². The standard InChI is InChI=1S/C18H30N4O/c1-16-7-3-4-8-17(16)15-20-18(23)19-9-5-6-10-22-13-11-21(2)12-14-22/h3-4,7-8H,5-6,9-15H2,1-2H3,(H2,19,20,23). The normalized spacial score (nSPS) is 16.3. The first kappa shape index (κ1) is 17.8. The summed E-state index contributed by atoms with van der Waals surface area (Å²) in [6.45, 7) is 9.20. The van der Waals surface area contributed by atoms with Crippen LogP contribution in [0.15, 0.2) is 24.3 Å². The second kappa shape index (κ2) is 9.53. The summed E-state index contributed by atoms with van der Waals surface area (Å²) in [7, 11) is 2.18. The molecular formula is C18H30N4O. The zero-order chi connectivity index (χ0) is 16.5. The van der Waals surface area contributed by atoms with E-state index in [4.69, 9.17) is 0 Å². The van der Waals surface area contributed by atoms with Crippen molar-refractivity contribution in [3.8, 4) is 0 Å². The topological polar surface area (TPSA) is 47.6 Å². The fourth-order valence-electron chi connectivity index (χ4n) is 2.78. The molecule has 2 rings (SSSR count). The zero-order valence-corrected chi connectivity index (χ0v) is 14.5. The lowest BCUT2D eigenvalue weighted by Crippen LogP contribution is -2.44. The average Bonchev–Trinajstić information content (AvgIpc) is 2.55. The Morgan fingerprint density at radius 1 is 1.09 bits per heavy atom. The number of benzene rings is 1. The summed E-state index contributed by atoms with van der Waals surface area (Å²) in [4.78, 5) is 16.7. The predicted molar refractivity (Wildman–Crippen MR) is 94.6 cm³/mol. The Kier molecular flexibility index (Phi) is 7.36. The van der Waals surface area contributed by atoms with Gasteiger partial charge in [0.25, 0.3) is 0 Å². The molecule has 23 heavy (non-hydrogen) atoms. The first-order valence-electron chi connectivity index (χ1n) is 8.62. The quantitative estimate of drug-likeness (QED) is 0.754. The van der Waals surface area contributed by atoms with Gasteiger partial charge >= 0.3 is 6.03 Å². The van der Waals surface area contributed by atoms with Crippen molar-refractivity contribution < 1.29 is 4.79 Å². The predicted octanol–water partition coefficient (Wildman–Crippen LogP) is 1.82. The van der Waals surface area contributed by atoms with Crippen molar-refractivity contribution in [1.82, 2.24) is 20.4 Å². The van der Waals surface area contributed by atoms with Gasteiger partial charge in [0, 0.05) is 39.3 Å². The van der Waals surface area contributed by atoms with Crippen LogP contribution in [0.3, 0.4) is 0 Å². The number of aryl methyl sites for hydroxylation is 1. The number of amides is 2. The highest BCUT2D eigenvalue weighted by Crippen LogP contribution is 2.06. The molecule has 1 saturated heterocycles. The average molecular weight is 318 g/mol. The molecule has 1 heterocycles. The largest absolute Gasteiger partial charge is 0.338 e. The number of urea groups is 1. The van der Waals surface area contributed by atoms with Crippen LogP contribution in [0.2, 0.25) is 0 Å². The molecular weight excluding hydrogens is 288 g/mol. The van der Waals surface area contributed by atoms with Gasteiger partial charge in [-0.05, 0) is 44.5 Å². The second-order valence-corrected chi connectivity index (χ2v) is 6.39. The number of rotatable bonds is 7. The Balaban J connectivity index is 1.51. The molecule has 0 aromatic heterocycles. The number of piperazine rings is 1. The monoisotopic (exact) mass is 318 g/mol. The Morgan fingerprint density at radius 2 is 1.83 bits per heavy atom. The van der Waals surface area contributed by atoms with Crippen molar-refractivity contribution in [2.45, 2.75) is 26.3 Å². The molecule has 0 bridgehead atoms. The number of carbonyl (C=O) groups is 1. The summed E-state index contributed by atoms with van der Waals surface area (Å²) in [5.41, 5.74) is 2.37. The molecule has 0 saturated carbocycles. The first-order chi connectivity index (χ1) is 11.1. The third-order valence-electron chi connectivity index (χ3n) is 4.48. The van der Waals surface area contributed by atoms with E-state index in [9.17, 15) is 4.79 Å². The van der Waals surface area contributed by atoms with Crippen LogP contribution < -0.4 is 10.6 Å². The van der Waals surface area contributed by atoms with Crippen molar-refractivity contribution in [2.75, 3.05) is 46.3 Å². The number of hydrogen-bond acceptors (Lipinski definition) is 3. The van der Waals surface area contributed by atoms with Crippen LogP contribution in [-0.2, 0) is 6.54 Å². The molecule has 1 fully saturated rings. The highest BCUT2D eigenvalue weighted by atomic mass is 16.2. The minimum absolute atomic E-state index is 0.0761. The van der Waals surface area contributed by atoms with Gasteiger partial charge in [0.1, 0.15) is 0 Å². The summed E-state index contributed by atoms with van der Waals surface area (Å²) in [6, 6.07) is 8.05. The molecule has 1 aliphatic rings. The van der Waals surface area contributed by atoms with Gasteiger partial charge in [0.05, 0.1) is 0 Å².